The van der Waals surface area contributed by atoms with E-state index in [0.29, 0.717) is 12.8 Å². The van der Waals surface area contributed by atoms with Gasteiger partial charge in [0.25, 0.3) is 0 Å². The van der Waals surface area contributed by atoms with Crippen LogP contribution in [0.5, 0.6) is 0 Å². The van der Waals surface area contributed by atoms with Gasteiger partial charge in [-0.05, 0) is 28.8 Å². The average Bonchev–Trinajstić information content (AvgIpc) is 2.21. The molecule has 1 fully saturated rings. The summed E-state index contributed by atoms with van der Waals surface area (Å²) < 4.78 is 13.6. The van der Waals surface area contributed by atoms with Gasteiger partial charge in [0.15, 0.2) is 0 Å². The molecule has 5 heteroatoms. The standard InChI is InChI=1S/C9H11BrFN3/c10-8-5-13-9(6-12-8)14-3-1-7(11)2-4-14/h5-7H,1-4H2. The van der Waals surface area contributed by atoms with E-state index in [1.165, 1.54) is 0 Å². The molecule has 1 aliphatic heterocycles. The number of nitrogens with zero attached hydrogens (tertiary/aromatic N) is 3. The predicted molar refractivity (Wildman–Crippen MR) is 56.1 cm³/mol. The summed E-state index contributed by atoms with van der Waals surface area (Å²) in [6.07, 6.45) is 3.92. The maximum atomic E-state index is 12.9. The number of hydrogen-bond donors (Lipinski definition) is 0. The molecular formula is C9H11BrFN3. The lowest BCUT2D eigenvalue weighted by molar-refractivity contribution is 0.276. The molecule has 0 atom stereocenters. The normalized spacial score (nSPS) is 18.6. The molecule has 0 N–H and O–H groups in total. The van der Waals surface area contributed by atoms with E-state index < -0.39 is 6.17 Å². The minimum absolute atomic E-state index is 0.595. The topological polar surface area (TPSA) is 29.0 Å². The van der Waals surface area contributed by atoms with Gasteiger partial charge in [0.1, 0.15) is 16.6 Å². The number of halogens is 2. The number of hydrogen-bond acceptors (Lipinski definition) is 3. The third-order valence-corrected chi connectivity index (χ3v) is 2.76. The van der Waals surface area contributed by atoms with Crippen LogP contribution in [0.25, 0.3) is 0 Å². The molecule has 0 spiro atoms. The van der Waals surface area contributed by atoms with Crippen LogP contribution >= 0.6 is 15.9 Å². The van der Waals surface area contributed by atoms with E-state index in [1.807, 2.05) is 0 Å². The fourth-order valence-corrected chi connectivity index (χ4v) is 1.75. The minimum atomic E-state index is -0.644. The number of piperidine rings is 1. The lowest BCUT2D eigenvalue weighted by Crippen LogP contribution is -2.34. The number of alkyl halides is 1. The van der Waals surface area contributed by atoms with Gasteiger partial charge in [-0.1, -0.05) is 0 Å². The third kappa shape index (κ3) is 2.20. The van der Waals surface area contributed by atoms with Crippen molar-refractivity contribution in [1.29, 1.82) is 0 Å². The van der Waals surface area contributed by atoms with E-state index in [4.69, 9.17) is 0 Å². The van der Waals surface area contributed by atoms with Crippen LogP contribution in [-0.4, -0.2) is 29.2 Å². The fraction of sp³-hybridized carbons (Fsp3) is 0.556. The Hall–Kier alpha value is -0.710. The second kappa shape index (κ2) is 4.21. The highest BCUT2D eigenvalue weighted by molar-refractivity contribution is 9.10. The van der Waals surface area contributed by atoms with Crippen molar-refractivity contribution < 1.29 is 4.39 Å². The summed E-state index contributed by atoms with van der Waals surface area (Å²) in [4.78, 5) is 10.4. The van der Waals surface area contributed by atoms with Gasteiger partial charge in [0, 0.05) is 13.1 Å². The maximum absolute atomic E-state index is 12.9. The molecule has 0 saturated carbocycles. The summed E-state index contributed by atoms with van der Waals surface area (Å²) in [5.41, 5.74) is 0. The van der Waals surface area contributed by atoms with Gasteiger partial charge in [0.05, 0.1) is 12.4 Å². The van der Waals surface area contributed by atoms with Crippen LogP contribution in [0, 0.1) is 0 Å². The van der Waals surface area contributed by atoms with E-state index in [9.17, 15) is 4.39 Å². The van der Waals surface area contributed by atoms with Crippen LogP contribution < -0.4 is 4.90 Å². The van der Waals surface area contributed by atoms with Crippen molar-refractivity contribution in [3.63, 3.8) is 0 Å². The van der Waals surface area contributed by atoms with Crippen LogP contribution in [0.15, 0.2) is 17.0 Å². The smallest absolute Gasteiger partial charge is 0.147 e. The second-order valence-corrected chi connectivity index (χ2v) is 4.17. The highest BCUT2D eigenvalue weighted by Gasteiger charge is 2.19. The molecule has 0 aromatic carbocycles. The van der Waals surface area contributed by atoms with E-state index in [0.717, 1.165) is 23.5 Å². The Morgan fingerprint density at radius 1 is 1.29 bits per heavy atom. The Bertz CT molecular complexity index is 295. The molecule has 76 valence electrons. The molecule has 1 aromatic rings. The van der Waals surface area contributed by atoms with Gasteiger partial charge >= 0.3 is 0 Å². The van der Waals surface area contributed by atoms with Gasteiger partial charge in [0.2, 0.25) is 0 Å². The number of anilines is 1. The largest absolute Gasteiger partial charge is 0.355 e. The molecule has 1 aliphatic rings. The van der Waals surface area contributed by atoms with E-state index in [1.54, 1.807) is 12.4 Å². The zero-order valence-corrected chi connectivity index (χ0v) is 9.24. The van der Waals surface area contributed by atoms with Crippen molar-refractivity contribution in [2.75, 3.05) is 18.0 Å². The van der Waals surface area contributed by atoms with Crippen molar-refractivity contribution in [2.45, 2.75) is 19.0 Å². The average molecular weight is 260 g/mol. The van der Waals surface area contributed by atoms with Crippen LogP contribution in [0.1, 0.15) is 12.8 Å². The van der Waals surface area contributed by atoms with Crippen LogP contribution in [-0.2, 0) is 0 Å². The molecule has 1 aromatic heterocycles. The van der Waals surface area contributed by atoms with Crippen molar-refractivity contribution >= 4 is 21.7 Å². The highest BCUT2D eigenvalue weighted by Crippen LogP contribution is 2.19. The van der Waals surface area contributed by atoms with E-state index in [2.05, 4.69) is 30.8 Å². The highest BCUT2D eigenvalue weighted by atomic mass is 79.9. The van der Waals surface area contributed by atoms with Crippen LogP contribution in [0.2, 0.25) is 0 Å². The molecule has 0 bridgehead atoms. The monoisotopic (exact) mass is 259 g/mol. The van der Waals surface area contributed by atoms with Gasteiger partial charge in [-0.2, -0.15) is 0 Å². The number of rotatable bonds is 1. The molecule has 2 heterocycles. The molecule has 2 rings (SSSR count). The van der Waals surface area contributed by atoms with Crippen molar-refractivity contribution in [2.24, 2.45) is 0 Å². The van der Waals surface area contributed by atoms with Gasteiger partial charge in [-0.15, -0.1) is 0 Å². The lowest BCUT2D eigenvalue weighted by Gasteiger charge is -2.29. The first-order valence-corrected chi connectivity index (χ1v) is 5.41. The lowest BCUT2D eigenvalue weighted by atomic mass is 10.1. The van der Waals surface area contributed by atoms with Gasteiger partial charge in [-0.25, -0.2) is 14.4 Å². The maximum Gasteiger partial charge on any atom is 0.147 e. The predicted octanol–water partition coefficient (Wildman–Crippen LogP) is 2.18. The molecule has 3 nitrogen and oxygen atoms in total. The molecule has 0 amide bonds. The molecule has 14 heavy (non-hydrogen) atoms. The van der Waals surface area contributed by atoms with Gasteiger partial charge < -0.3 is 4.90 Å². The Labute approximate surface area is 90.5 Å². The van der Waals surface area contributed by atoms with Crippen molar-refractivity contribution in [1.82, 2.24) is 9.97 Å². The minimum Gasteiger partial charge on any atom is -0.355 e. The first kappa shape index (κ1) is 9.83. The third-order valence-electron chi connectivity index (χ3n) is 2.36. The van der Waals surface area contributed by atoms with Crippen LogP contribution in [0.4, 0.5) is 10.2 Å². The SMILES string of the molecule is FC1CCN(c2cnc(Br)cn2)CC1. The van der Waals surface area contributed by atoms with Gasteiger partial charge in [-0.3, -0.25) is 0 Å². The Balaban J connectivity index is 2.05. The summed E-state index contributed by atoms with van der Waals surface area (Å²) in [7, 11) is 0. The first-order valence-electron chi connectivity index (χ1n) is 4.62. The zero-order valence-electron chi connectivity index (χ0n) is 7.66. The summed E-state index contributed by atoms with van der Waals surface area (Å²) >= 11 is 3.23. The summed E-state index contributed by atoms with van der Waals surface area (Å²) in [6.45, 7) is 1.47. The summed E-state index contributed by atoms with van der Waals surface area (Å²) in [5, 5.41) is 0. The fourth-order valence-electron chi connectivity index (χ4n) is 1.55. The van der Waals surface area contributed by atoms with Crippen molar-refractivity contribution in [3.05, 3.63) is 17.0 Å². The molecular weight excluding hydrogens is 249 g/mol. The zero-order chi connectivity index (χ0) is 9.97. The first-order chi connectivity index (χ1) is 6.75. The number of aromatic nitrogens is 2. The van der Waals surface area contributed by atoms with E-state index >= 15 is 0 Å². The molecule has 1 saturated heterocycles. The van der Waals surface area contributed by atoms with Crippen molar-refractivity contribution in [3.8, 4) is 0 Å². The van der Waals surface area contributed by atoms with E-state index in [-0.39, 0.29) is 0 Å². The quantitative estimate of drug-likeness (QED) is 0.774. The Morgan fingerprint density at radius 3 is 2.57 bits per heavy atom. The summed E-state index contributed by atoms with van der Waals surface area (Å²) in [6, 6.07) is 0. The molecule has 0 aliphatic carbocycles. The Morgan fingerprint density at radius 2 is 2.00 bits per heavy atom. The summed E-state index contributed by atoms with van der Waals surface area (Å²) in [5.74, 6) is 0.833. The molecule has 0 unspecified atom stereocenters. The second-order valence-electron chi connectivity index (χ2n) is 3.36. The van der Waals surface area contributed by atoms with Crippen LogP contribution in [0.3, 0.4) is 0 Å². The molecule has 0 radical (unpaired) electrons. The Kier molecular flexibility index (Phi) is 2.96.